The molecule has 0 heterocycles. The van der Waals surface area contributed by atoms with Crippen LogP contribution in [0.5, 0.6) is 5.75 Å². The molecule has 2 N–H and O–H groups in total. The first kappa shape index (κ1) is 13.8. The van der Waals surface area contributed by atoms with Gasteiger partial charge in [0, 0.05) is 19.0 Å². The maximum Gasteiger partial charge on any atom is 0.225 e. The largest absolute Gasteiger partial charge is 0.491 e. The summed E-state index contributed by atoms with van der Waals surface area (Å²) in [5.74, 6) is 0.511. The van der Waals surface area contributed by atoms with Crippen LogP contribution in [0, 0.1) is 11.7 Å². The van der Waals surface area contributed by atoms with Crippen LogP contribution in [0.3, 0.4) is 0 Å². The van der Waals surface area contributed by atoms with Crippen LogP contribution in [0.15, 0.2) is 18.2 Å². The Morgan fingerprint density at radius 3 is 2.95 bits per heavy atom. The van der Waals surface area contributed by atoms with E-state index in [0.29, 0.717) is 36.9 Å². The van der Waals surface area contributed by atoms with Gasteiger partial charge in [0.05, 0.1) is 12.3 Å². The fourth-order valence-electron chi connectivity index (χ4n) is 1.66. The standard InChI is InChI=1S/C14H19FN2O2/c1-16-7-6-14(18)17-12-5-4-11(15)8-13(12)19-9-10-2-3-10/h4-5,8,10,16H,2-3,6-7,9H2,1H3,(H,17,18). The first-order chi connectivity index (χ1) is 9.19. The molecule has 1 saturated carbocycles. The Morgan fingerprint density at radius 2 is 2.26 bits per heavy atom. The van der Waals surface area contributed by atoms with E-state index in [1.807, 2.05) is 0 Å². The Hall–Kier alpha value is -1.62. The zero-order valence-electron chi connectivity index (χ0n) is 11.0. The van der Waals surface area contributed by atoms with Gasteiger partial charge in [0.1, 0.15) is 11.6 Å². The number of anilines is 1. The van der Waals surface area contributed by atoms with Crippen molar-refractivity contribution in [1.82, 2.24) is 5.32 Å². The van der Waals surface area contributed by atoms with Gasteiger partial charge >= 0.3 is 0 Å². The van der Waals surface area contributed by atoms with Gasteiger partial charge in [-0.15, -0.1) is 0 Å². The van der Waals surface area contributed by atoms with E-state index in [9.17, 15) is 9.18 Å². The van der Waals surface area contributed by atoms with E-state index in [4.69, 9.17) is 4.74 Å². The van der Waals surface area contributed by atoms with Gasteiger partial charge in [-0.2, -0.15) is 0 Å². The molecule has 5 heteroatoms. The molecule has 0 bridgehead atoms. The summed E-state index contributed by atoms with van der Waals surface area (Å²) in [6.45, 7) is 1.19. The number of halogens is 1. The Balaban J connectivity index is 1.98. The predicted molar refractivity (Wildman–Crippen MR) is 71.8 cm³/mol. The number of carbonyl (C=O) groups is 1. The molecule has 1 amide bonds. The van der Waals surface area contributed by atoms with Crippen molar-refractivity contribution in [3.63, 3.8) is 0 Å². The lowest BCUT2D eigenvalue weighted by atomic mass is 10.2. The van der Waals surface area contributed by atoms with Gasteiger partial charge in [-0.25, -0.2) is 4.39 Å². The normalized spacial score (nSPS) is 14.2. The molecule has 2 rings (SSSR count). The summed E-state index contributed by atoms with van der Waals surface area (Å²) in [4.78, 5) is 11.7. The minimum absolute atomic E-state index is 0.114. The lowest BCUT2D eigenvalue weighted by Gasteiger charge is -2.12. The monoisotopic (exact) mass is 266 g/mol. The first-order valence-electron chi connectivity index (χ1n) is 6.56. The number of benzene rings is 1. The molecule has 1 aliphatic rings. The van der Waals surface area contributed by atoms with Crippen LogP contribution in [-0.4, -0.2) is 26.1 Å². The number of hydrogen-bond acceptors (Lipinski definition) is 3. The van der Waals surface area contributed by atoms with Crippen LogP contribution in [0.1, 0.15) is 19.3 Å². The summed E-state index contributed by atoms with van der Waals surface area (Å²) in [7, 11) is 1.79. The average Bonchev–Trinajstić information content (AvgIpc) is 3.20. The van der Waals surface area contributed by atoms with Crippen molar-refractivity contribution in [2.24, 2.45) is 5.92 Å². The molecule has 1 aliphatic carbocycles. The molecule has 1 fully saturated rings. The van der Waals surface area contributed by atoms with Crippen molar-refractivity contribution in [2.45, 2.75) is 19.3 Å². The van der Waals surface area contributed by atoms with E-state index in [1.54, 1.807) is 7.05 Å². The van der Waals surface area contributed by atoms with Gasteiger partial charge in [-0.05, 0) is 37.9 Å². The first-order valence-corrected chi connectivity index (χ1v) is 6.56. The number of amides is 1. The Morgan fingerprint density at radius 1 is 1.47 bits per heavy atom. The average molecular weight is 266 g/mol. The number of nitrogens with one attached hydrogen (secondary N) is 2. The number of carbonyl (C=O) groups excluding carboxylic acids is 1. The maximum atomic E-state index is 13.2. The highest BCUT2D eigenvalue weighted by Crippen LogP contribution is 2.32. The molecule has 1 aromatic rings. The van der Waals surface area contributed by atoms with E-state index in [0.717, 1.165) is 0 Å². The molecule has 4 nitrogen and oxygen atoms in total. The van der Waals surface area contributed by atoms with Gasteiger partial charge in [0.15, 0.2) is 0 Å². The fourth-order valence-corrected chi connectivity index (χ4v) is 1.66. The third-order valence-electron chi connectivity index (χ3n) is 2.99. The second-order valence-electron chi connectivity index (χ2n) is 4.80. The van der Waals surface area contributed by atoms with E-state index >= 15 is 0 Å². The molecule has 0 unspecified atom stereocenters. The Labute approximate surface area is 112 Å². The lowest BCUT2D eigenvalue weighted by Crippen LogP contribution is -2.19. The number of hydrogen-bond donors (Lipinski definition) is 2. The summed E-state index contributed by atoms with van der Waals surface area (Å²) < 4.78 is 18.8. The van der Waals surface area contributed by atoms with E-state index < -0.39 is 0 Å². The van der Waals surface area contributed by atoms with Crippen molar-refractivity contribution >= 4 is 11.6 Å². The minimum Gasteiger partial charge on any atom is -0.491 e. The molecule has 0 atom stereocenters. The van der Waals surface area contributed by atoms with Crippen LogP contribution in [0.2, 0.25) is 0 Å². The van der Waals surface area contributed by atoms with Crippen molar-refractivity contribution < 1.29 is 13.9 Å². The second-order valence-corrected chi connectivity index (χ2v) is 4.80. The molecule has 1 aromatic carbocycles. The third kappa shape index (κ3) is 4.52. The molecule has 0 aliphatic heterocycles. The van der Waals surface area contributed by atoms with Crippen LogP contribution >= 0.6 is 0 Å². The molecule has 104 valence electrons. The van der Waals surface area contributed by atoms with Crippen molar-refractivity contribution in [3.8, 4) is 5.75 Å². The van der Waals surface area contributed by atoms with Gasteiger partial charge in [-0.3, -0.25) is 4.79 Å². The van der Waals surface area contributed by atoms with Crippen molar-refractivity contribution in [2.75, 3.05) is 25.5 Å². The molecular formula is C14H19FN2O2. The smallest absolute Gasteiger partial charge is 0.225 e. The zero-order valence-corrected chi connectivity index (χ0v) is 11.0. The zero-order chi connectivity index (χ0) is 13.7. The molecule has 0 spiro atoms. The lowest BCUT2D eigenvalue weighted by molar-refractivity contribution is -0.116. The number of rotatable bonds is 7. The van der Waals surface area contributed by atoms with Gasteiger partial charge in [0.25, 0.3) is 0 Å². The van der Waals surface area contributed by atoms with Crippen LogP contribution < -0.4 is 15.4 Å². The summed E-state index contributed by atoms with van der Waals surface area (Å²) >= 11 is 0. The van der Waals surface area contributed by atoms with E-state index in [1.165, 1.54) is 31.0 Å². The highest BCUT2D eigenvalue weighted by molar-refractivity contribution is 5.92. The molecular weight excluding hydrogens is 247 g/mol. The van der Waals surface area contributed by atoms with E-state index in [2.05, 4.69) is 10.6 Å². The summed E-state index contributed by atoms with van der Waals surface area (Å²) in [6, 6.07) is 4.17. The predicted octanol–water partition coefficient (Wildman–Crippen LogP) is 2.16. The molecule has 0 saturated heterocycles. The summed E-state index contributed by atoms with van der Waals surface area (Å²) in [5.41, 5.74) is 0.531. The summed E-state index contributed by atoms with van der Waals surface area (Å²) in [6.07, 6.45) is 2.70. The minimum atomic E-state index is -0.362. The molecule has 0 aromatic heterocycles. The van der Waals surface area contributed by atoms with Crippen molar-refractivity contribution in [3.05, 3.63) is 24.0 Å². The second kappa shape index (κ2) is 6.52. The topological polar surface area (TPSA) is 50.4 Å². The van der Waals surface area contributed by atoms with Crippen LogP contribution in [0.4, 0.5) is 10.1 Å². The Kier molecular flexibility index (Phi) is 4.74. The van der Waals surface area contributed by atoms with Gasteiger partial charge in [-0.1, -0.05) is 0 Å². The van der Waals surface area contributed by atoms with Crippen molar-refractivity contribution in [1.29, 1.82) is 0 Å². The molecule has 0 radical (unpaired) electrons. The van der Waals surface area contributed by atoms with Gasteiger partial charge < -0.3 is 15.4 Å². The maximum absolute atomic E-state index is 13.2. The third-order valence-corrected chi connectivity index (χ3v) is 2.99. The summed E-state index contributed by atoms with van der Waals surface area (Å²) in [5, 5.41) is 5.65. The number of ether oxygens (including phenoxy) is 1. The highest BCUT2D eigenvalue weighted by atomic mass is 19.1. The molecule has 19 heavy (non-hydrogen) atoms. The highest BCUT2D eigenvalue weighted by Gasteiger charge is 2.22. The SMILES string of the molecule is CNCCC(=O)Nc1ccc(F)cc1OCC1CC1. The quantitative estimate of drug-likeness (QED) is 0.795. The van der Waals surface area contributed by atoms with Crippen LogP contribution in [0.25, 0.3) is 0 Å². The fraction of sp³-hybridized carbons (Fsp3) is 0.500. The van der Waals surface area contributed by atoms with E-state index in [-0.39, 0.29) is 11.7 Å². The van der Waals surface area contributed by atoms with Gasteiger partial charge in [0.2, 0.25) is 5.91 Å². The van der Waals surface area contributed by atoms with Crippen LogP contribution in [-0.2, 0) is 4.79 Å². The Bertz CT molecular complexity index is 447.